The SMILES string of the molecule is C=CCc1cc(O)cc2c(C(C)=O)nn(CC(=O)OC(C)(C)C)c12. The predicted molar refractivity (Wildman–Crippen MR) is 91.1 cm³/mol. The number of hydrogen-bond donors (Lipinski definition) is 1. The Hall–Kier alpha value is -2.63. The molecule has 0 spiro atoms. The fourth-order valence-corrected chi connectivity index (χ4v) is 2.57. The standard InChI is InChI=1S/C18H22N2O4/c1-6-7-12-8-13(22)9-14-16(11(2)21)19-20(17(12)14)10-15(23)24-18(3,4)5/h6,8-9,22H,1,7,10H2,2-5H3. The van der Waals surface area contributed by atoms with Crippen LogP contribution in [-0.2, 0) is 22.5 Å². The van der Waals surface area contributed by atoms with E-state index in [2.05, 4.69) is 11.7 Å². The molecule has 2 aromatic rings. The van der Waals surface area contributed by atoms with Gasteiger partial charge in [-0.1, -0.05) is 6.08 Å². The number of carbonyl (C=O) groups is 2. The Kier molecular flexibility index (Phi) is 4.78. The van der Waals surface area contributed by atoms with Crippen molar-refractivity contribution < 1.29 is 19.4 Å². The molecule has 1 heterocycles. The number of allylic oxidation sites excluding steroid dienone is 1. The van der Waals surface area contributed by atoms with E-state index in [1.807, 2.05) is 0 Å². The third-order valence-electron chi connectivity index (χ3n) is 3.30. The number of ether oxygens (including phenoxy) is 1. The maximum Gasteiger partial charge on any atom is 0.328 e. The van der Waals surface area contributed by atoms with E-state index in [0.29, 0.717) is 17.3 Å². The number of nitrogens with zero attached hydrogens (tertiary/aromatic N) is 2. The highest BCUT2D eigenvalue weighted by Crippen LogP contribution is 2.28. The first-order valence-corrected chi connectivity index (χ1v) is 7.68. The molecule has 1 N–H and O–H groups in total. The quantitative estimate of drug-likeness (QED) is 0.518. The summed E-state index contributed by atoms with van der Waals surface area (Å²) in [5.41, 5.74) is 0.980. The zero-order valence-electron chi connectivity index (χ0n) is 14.4. The number of Topliss-reactive ketones (excluding diaryl/α,β-unsaturated/α-hetero) is 1. The summed E-state index contributed by atoms with van der Waals surface area (Å²) in [5, 5.41) is 14.7. The smallest absolute Gasteiger partial charge is 0.328 e. The summed E-state index contributed by atoms with van der Waals surface area (Å²) >= 11 is 0. The van der Waals surface area contributed by atoms with Crippen LogP contribution in [-0.4, -0.2) is 32.2 Å². The highest BCUT2D eigenvalue weighted by molar-refractivity contribution is 6.06. The van der Waals surface area contributed by atoms with Crippen LogP contribution in [0.1, 0.15) is 43.7 Å². The minimum absolute atomic E-state index is 0.0404. The van der Waals surface area contributed by atoms with E-state index >= 15 is 0 Å². The minimum atomic E-state index is -0.605. The molecule has 128 valence electrons. The Labute approximate surface area is 140 Å². The van der Waals surface area contributed by atoms with Gasteiger partial charge in [0.05, 0.1) is 5.52 Å². The Bertz CT molecular complexity index is 813. The van der Waals surface area contributed by atoms with Gasteiger partial charge in [-0.3, -0.25) is 14.3 Å². The fourth-order valence-electron chi connectivity index (χ4n) is 2.57. The summed E-state index contributed by atoms with van der Waals surface area (Å²) in [7, 11) is 0. The zero-order valence-corrected chi connectivity index (χ0v) is 14.4. The molecule has 0 aliphatic carbocycles. The molecule has 0 unspecified atom stereocenters. The number of rotatable bonds is 5. The highest BCUT2D eigenvalue weighted by Gasteiger charge is 2.22. The van der Waals surface area contributed by atoms with Gasteiger partial charge in [0.25, 0.3) is 0 Å². The number of aromatic nitrogens is 2. The van der Waals surface area contributed by atoms with Crippen molar-refractivity contribution in [1.29, 1.82) is 0 Å². The van der Waals surface area contributed by atoms with Crippen LogP contribution < -0.4 is 0 Å². The summed E-state index contributed by atoms with van der Waals surface area (Å²) in [6.45, 7) is 10.3. The van der Waals surface area contributed by atoms with Crippen molar-refractivity contribution in [3.63, 3.8) is 0 Å². The number of phenols is 1. The number of benzene rings is 1. The molecule has 0 atom stereocenters. The van der Waals surface area contributed by atoms with E-state index < -0.39 is 11.6 Å². The molecule has 24 heavy (non-hydrogen) atoms. The second-order valence-electron chi connectivity index (χ2n) is 6.64. The van der Waals surface area contributed by atoms with Crippen LogP contribution in [0.4, 0.5) is 0 Å². The first-order chi connectivity index (χ1) is 11.1. The normalized spacial score (nSPS) is 11.5. The molecule has 6 heteroatoms. The van der Waals surface area contributed by atoms with Gasteiger partial charge in [0.1, 0.15) is 23.6 Å². The lowest BCUT2D eigenvalue weighted by atomic mass is 10.0. The molecular formula is C18H22N2O4. The monoisotopic (exact) mass is 330 g/mol. The topological polar surface area (TPSA) is 81.4 Å². The van der Waals surface area contributed by atoms with E-state index in [4.69, 9.17) is 4.74 Å². The van der Waals surface area contributed by atoms with Crippen LogP contribution in [0.3, 0.4) is 0 Å². The van der Waals surface area contributed by atoms with Crippen molar-refractivity contribution in [1.82, 2.24) is 9.78 Å². The Morgan fingerprint density at radius 1 is 1.38 bits per heavy atom. The van der Waals surface area contributed by atoms with E-state index in [9.17, 15) is 14.7 Å². The summed E-state index contributed by atoms with van der Waals surface area (Å²) < 4.78 is 6.79. The van der Waals surface area contributed by atoms with Crippen molar-refractivity contribution in [2.75, 3.05) is 0 Å². The average Bonchev–Trinajstić information content (AvgIpc) is 2.75. The molecule has 1 aromatic carbocycles. The van der Waals surface area contributed by atoms with Crippen LogP contribution in [0.15, 0.2) is 24.8 Å². The van der Waals surface area contributed by atoms with Gasteiger partial charge in [0.15, 0.2) is 5.78 Å². The summed E-state index contributed by atoms with van der Waals surface area (Å²) in [5.74, 6) is -0.642. The molecule has 0 aliphatic rings. The van der Waals surface area contributed by atoms with Crippen LogP contribution in [0.5, 0.6) is 5.75 Å². The van der Waals surface area contributed by atoms with Gasteiger partial charge < -0.3 is 9.84 Å². The number of fused-ring (bicyclic) bond motifs is 1. The first-order valence-electron chi connectivity index (χ1n) is 7.68. The number of hydrogen-bond acceptors (Lipinski definition) is 5. The second kappa shape index (κ2) is 6.47. The predicted octanol–water partition coefficient (Wildman–Crippen LogP) is 3.01. The van der Waals surface area contributed by atoms with Crippen molar-refractivity contribution in [3.05, 3.63) is 36.0 Å². The van der Waals surface area contributed by atoms with Gasteiger partial charge in [0.2, 0.25) is 0 Å². The van der Waals surface area contributed by atoms with Crippen molar-refractivity contribution in [2.45, 2.75) is 46.3 Å². The van der Waals surface area contributed by atoms with Crippen LogP contribution in [0.2, 0.25) is 0 Å². The molecule has 0 saturated heterocycles. The molecule has 0 bridgehead atoms. The Morgan fingerprint density at radius 2 is 2.04 bits per heavy atom. The Balaban J connectivity index is 2.58. The van der Waals surface area contributed by atoms with Gasteiger partial charge in [0, 0.05) is 12.3 Å². The fraction of sp³-hybridized carbons (Fsp3) is 0.389. The van der Waals surface area contributed by atoms with Crippen LogP contribution in [0, 0.1) is 0 Å². The van der Waals surface area contributed by atoms with Crippen LogP contribution in [0.25, 0.3) is 10.9 Å². The molecule has 1 aromatic heterocycles. The first kappa shape index (κ1) is 17.7. The lowest BCUT2D eigenvalue weighted by Gasteiger charge is -2.19. The Morgan fingerprint density at radius 3 is 2.58 bits per heavy atom. The molecule has 0 amide bonds. The molecule has 0 aliphatic heterocycles. The van der Waals surface area contributed by atoms with E-state index in [1.165, 1.54) is 17.7 Å². The van der Waals surface area contributed by atoms with E-state index in [0.717, 1.165) is 5.56 Å². The highest BCUT2D eigenvalue weighted by atomic mass is 16.6. The molecule has 2 rings (SSSR count). The van der Waals surface area contributed by atoms with Gasteiger partial charge >= 0.3 is 5.97 Å². The van der Waals surface area contributed by atoms with E-state index in [-0.39, 0.29) is 23.8 Å². The average molecular weight is 330 g/mol. The van der Waals surface area contributed by atoms with Crippen molar-refractivity contribution >= 4 is 22.7 Å². The van der Waals surface area contributed by atoms with Crippen molar-refractivity contribution in [3.8, 4) is 5.75 Å². The molecule has 0 saturated carbocycles. The van der Waals surface area contributed by atoms with E-state index in [1.54, 1.807) is 32.9 Å². The number of esters is 1. The summed E-state index contributed by atoms with van der Waals surface area (Å²) in [6.07, 6.45) is 2.16. The zero-order chi connectivity index (χ0) is 18.1. The largest absolute Gasteiger partial charge is 0.508 e. The molecule has 0 fully saturated rings. The van der Waals surface area contributed by atoms with Crippen LogP contribution >= 0.6 is 0 Å². The summed E-state index contributed by atoms with van der Waals surface area (Å²) in [4.78, 5) is 24.0. The lowest BCUT2D eigenvalue weighted by molar-refractivity contribution is -0.155. The van der Waals surface area contributed by atoms with Crippen molar-refractivity contribution in [2.24, 2.45) is 0 Å². The third kappa shape index (κ3) is 3.82. The minimum Gasteiger partial charge on any atom is -0.508 e. The van der Waals surface area contributed by atoms with Gasteiger partial charge in [-0.05, 0) is 44.9 Å². The lowest BCUT2D eigenvalue weighted by Crippen LogP contribution is -2.27. The second-order valence-corrected chi connectivity index (χ2v) is 6.64. The maximum absolute atomic E-state index is 12.1. The molecule has 0 radical (unpaired) electrons. The van der Waals surface area contributed by atoms with Gasteiger partial charge in [-0.25, -0.2) is 0 Å². The van der Waals surface area contributed by atoms with Gasteiger partial charge in [-0.2, -0.15) is 5.10 Å². The number of aromatic hydroxyl groups is 1. The molecule has 6 nitrogen and oxygen atoms in total. The number of phenolic OH excluding ortho intramolecular Hbond substituents is 1. The third-order valence-corrected chi connectivity index (χ3v) is 3.30. The molecular weight excluding hydrogens is 308 g/mol. The van der Waals surface area contributed by atoms with Gasteiger partial charge in [-0.15, -0.1) is 6.58 Å². The number of carbonyl (C=O) groups excluding carboxylic acids is 2. The summed E-state index contributed by atoms with van der Waals surface area (Å²) in [6, 6.07) is 3.07. The number of ketones is 1. The maximum atomic E-state index is 12.1.